The second-order valence-corrected chi connectivity index (χ2v) is 3.08. The first-order valence-electron chi connectivity index (χ1n) is 4.07. The summed E-state index contributed by atoms with van der Waals surface area (Å²) in [7, 11) is 0. The van der Waals surface area contributed by atoms with Crippen molar-refractivity contribution >= 4 is 24.1 Å². The van der Waals surface area contributed by atoms with Crippen molar-refractivity contribution < 1.29 is 4.79 Å². The zero-order chi connectivity index (χ0) is 10.4. The lowest BCUT2D eigenvalue weighted by atomic mass is 10.1. The van der Waals surface area contributed by atoms with E-state index in [4.69, 9.17) is 5.53 Å². The fourth-order valence-corrected chi connectivity index (χ4v) is 1.21. The molecule has 14 heavy (non-hydrogen) atoms. The molecule has 1 aromatic rings. The molecule has 5 heteroatoms. The normalized spacial score (nSPS) is 9.21. The highest BCUT2D eigenvalue weighted by Crippen LogP contribution is 2.14. The molecular formula is C9H9N3OS. The summed E-state index contributed by atoms with van der Waals surface area (Å²) in [4.78, 5) is 14.0. The molecular weight excluding hydrogens is 198 g/mol. The van der Waals surface area contributed by atoms with Crippen LogP contribution in [-0.4, -0.2) is 11.5 Å². The van der Waals surface area contributed by atoms with Crippen LogP contribution in [0.3, 0.4) is 0 Å². The standard InChI is InChI=1S/C9H9N3OS/c10-12-11-8-3-1-7(2-4-8)9(13)5-6-14/h1-4,14H,5-6H2. The highest BCUT2D eigenvalue weighted by Gasteiger charge is 2.03. The lowest BCUT2D eigenvalue weighted by Crippen LogP contribution is -1.98. The maximum Gasteiger partial charge on any atom is 0.163 e. The van der Waals surface area contributed by atoms with Gasteiger partial charge < -0.3 is 0 Å². The molecule has 1 aromatic carbocycles. The fourth-order valence-electron chi connectivity index (χ4n) is 1.01. The summed E-state index contributed by atoms with van der Waals surface area (Å²) in [6.45, 7) is 0. The predicted molar refractivity (Wildman–Crippen MR) is 58.0 cm³/mol. The number of carbonyl (C=O) groups is 1. The second-order valence-electron chi connectivity index (χ2n) is 2.63. The van der Waals surface area contributed by atoms with Crippen LogP contribution in [0.25, 0.3) is 10.4 Å². The number of hydrogen-bond acceptors (Lipinski definition) is 3. The number of Topliss-reactive ketones (excluding diaryl/α,β-unsaturated/α-hetero) is 1. The van der Waals surface area contributed by atoms with Gasteiger partial charge in [-0.25, -0.2) is 0 Å². The number of carbonyl (C=O) groups excluding carboxylic acids is 1. The van der Waals surface area contributed by atoms with Crippen molar-refractivity contribution in [1.29, 1.82) is 0 Å². The third-order valence-corrected chi connectivity index (χ3v) is 1.91. The second kappa shape index (κ2) is 5.32. The molecule has 0 aromatic heterocycles. The van der Waals surface area contributed by atoms with Gasteiger partial charge in [0, 0.05) is 22.6 Å². The van der Waals surface area contributed by atoms with Crippen molar-refractivity contribution in [2.75, 3.05) is 5.75 Å². The monoisotopic (exact) mass is 207 g/mol. The topological polar surface area (TPSA) is 65.8 Å². The van der Waals surface area contributed by atoms with E-state index in [1.165, 1.54) is 0 Å². The van der Waals surface area contributed by atoms with Gasteiger partial charge in [0.1, 0.15) is 0 Å². The van der Waals surface area contributed by atoms with Crippen LogP contribution >= 0.6 is 12.6 Å². The van der Waals surface area contributed by atoms with Crippen LogP contribution in [-0.2, 0) is 0 Å². The molecule has 0 heterocycles. The van der Waals surface area contributed by atoms with Crippen molar-refractivity contribution in [1.82, 2.24) is 0 Å². The number of azide groups is 1. The van der Waals surface area contributed by atoms with Crippen LogP contribution in [0.2, 0.25) is 0 Å². The van der Waals surface area contributed by atoms with Crippen molar-refractivity contribution in [2.45, 2.75) is 6.42 Å². The Bertz CT molecular complexity index is 368. The van der Waals surface area contributed by atoms with E-state index in [0.29, 0.717) is 23.4 Å². The minimum Gasteiger partial charge on any atom is -0.294 e. The van der Waals surface area contributed by atoms with E-state index < -0.39 is 0 Å². The van der Waals surface area contributed by atoms with Gasteiger partial charge in [-0.2, -0.15) is 12.6 Å². The van der Waals surface area contributed by atoms with Gasteiger partial charge in [0.05, 0.1) is 0 Å². The summed E-state index contributed by atoms with van der Waals surface area (Å²) >= 11 is 3.98. The van der Waals surface area contributed by atoms with Gasteiger partial charge in [0.15, 0.2) is 5.78 Å². The first-order chi connectivity index (χ1) is 6.77. The lowest BCUT2D eigenvalue weighted by Gasteiger charge is -1.98. The van der Waals surface area contributed by atoms with E-state index in [9.17, 15) is 4.79 Å². The van der Waals surface area contributed by atoms with E-state index in [-0.39, 0.29) is 5.78 Å². The minimum absolute atomic E-state index is 0.0486. The number of thiol groups is 1. The summed E-state index contributed by atoms with van der Waals surface area (Å²) in [6.07, 6.45) is 0.421. The third-order valence-electron chi connectivity index (χ3n) is 1.69. The van der Waals surface area contributed by atoms with Crippen LogP contribution in [0.4, 0.5) is 5.69 Å². The van der Waals surface area contributed by atoms with Crippen LogP contribution < -0.4 is 0 Å². The Hall–Kier alpha value is -1.45. The highest BCUT2D eigenvalue weighted by atomic mass is 32.1. The van der Waals surface area contributed by atoms with E-state index in [0.717, 1.165) is 0 Å². The van der Waals surface area contributed by atoms with Crippen molar-refractivity contribution in [3.63, 3.8) is 0 Å². The smallest absolute Gasteiger partial charge is 0.163 e. The Morgan fingerprint density at radius 2 is 2.07 bits per heavy atom. The molecule has 0 aliphatic rings. The van der Waals surface area contributed by atoms with Crippen molar-refractivity contribution in [3.05, 3.63) is 40.3 Å². The minimum atomic E-state index is 0.0486. The van der Waals surface area contributed by atoms with Gasteiger partial charge in [0.2, 0.25) is 0 Å². The molecule has 0 atom stereocenters. The Labute approximate surface area is 87.0 Å². The number of nitrogens with zero attached hydrogens (tertiary/aromatic N) is 3. The maximum atomic E-state index is 11.4. The molecule has 0 saturated carbocycles. The van der Waals surface area contributed by atoms with Crippen LogP contribution in [0.1, 0.15) is 16.8 Å². The van der Waals surface area contributed by atoms with Gasteiger partial charge >= 0.3 is 0 Å². The zero-order valence-electron chi connectivity index (χ0n) is 7.42. The summed E-state index contributed by atoms with van der Waals surface area (Å²) < 4.78 is 0. The molecule has 0 aliphatic heterocycles. The molecule has 4 nitrogen and oxygen atoms in total. The lowest BCUT2D eigenvalue weighted by molar-refractivity contribution is 0.0989. The third kappa shape index (κ3) is 2.80. The largest absolute Gasteiger partial charge is 0.294 e. The average Bonchev–Trinajstić information content (AvgIpc) is 2.20. The Kier molecular flexibility index (Phi) is 4.04. The number of ketones is 1. The summed E-state index contributed by atoms with van der Waals surface area (Å²) in [5.41, 5.74) is 9.29. The van der Waals surface area contributed by atoms with Crippen LogP contribution in [0.5, 0.6) is 0 Å². The number of hydrogen-bond donors (Lipinski definition) is 1. The summed E-state index contributed by atoms with van der Waals surface area (Å²) in [5, 5.41) is 3.41. The van der Waals surface area contributed by atoms with Crippen LogP contribution in [0.15, 0.2) is 29.4 Å². The first kappa shape index (κ1) is 10.6. The van der Waals surface area contributed by atoms with E-state index in [2.05, 4.69) is 22.7 Å². The number of benzene rings is 1. The van der Waals surface area contributed by atoms with Crippen molar-refractivity contribution in [2.24, 2.45) is 5.11 Å². The molecule has 0 spiro atoms. The van der Waals surface area contributed by atoms with Gasteiger partial charge in [-0.15, -0.1) is 0 Å². The SMILES string of the molecule is [N-]=[N+]=Nc1ccc(C(=O)CCS)cc1. The van der Waals surface area contributed by atoms with Gasteiger partial charge in [-0.1, -0.05) is 29.4 Å². The molecule has 0 aliphatic carbocycles. The van der Waals surface area contributed by atoms with Gasteiger partial charge in [0.25, 0.3) is 0 Å². The Morgan fingerprint density at radius 1 is 1.43 bits per heavy atom. The highest BCUT2D eigenvalue weighted by molar-refractivity contribution is 7.80. The van der Waals surface area contributed by atoms with E-state index >= 15 is 0 Å². The van der Waals surface area contributed by atoms with Crippen LogP contribution in [0, 0.1) is 0 Å². The maximum absolute atomic E-state index is 11.4. The molecule has 72 valence electrons. The molecule has 0 saturated heterocycles. The molecule has 0 amide bonds. The Balaban J connectivity index is 2.82. The quantitative estimate of drug-likeness (QED) is 0.266. The first-order valence-corrected chi connectivity index (χ1v) is 4.70. The summed E-state index contributed by atoms with van der Waals surface area (Å²) in [6, 6.07) is 6.53. The zero-order valence-corrected chi connectivity index (χ0v) is 8.32. The average molecular weight is 207 g/mol. The number of rotatable bonds is 4. The van der Waals surface area contributed by atoms with E-state index in [1.807, 2.05) is 0 Å². The predicted octanol–water partition coefficient (Wildman–Crippen LogP) is 3.13. The van der Waals surface area contributed by atoms with Gasteiger partial charge in [-0.3, -0.25) is 4.79 Å². The molecule has 1 rings (SSSR count). The summed E-state index contributed by atoms with van der Waals surface area (Å²) in [5.74, 6) is 0.587. The molecule has 0 unspecified atom stereocenters. The fraction of sp³-hybridized carbons (Fsp3) is 0.222. The Morgan fingerprint density at radius 3 is 2.57 bits per heavy atom. The van der Waals surface area contributed by atoms with Crippen molar-refractivity contribution in [3.8, 4) is 0 Å². The molecule has 0 N–H and O–H groups in total. The molecule has 0 radical (unpaired) electrons. The molecule has 0 bridgehead atoms. The molecule has 0 fully saturated rings. The van der Waals surface area contributed by atoms with Gasteiger partial charge in [-0.05, 0) is 11.3 Å². The van der Waals surface area contributed by atoms with E-state index in [1.54, 1.807) is 24.3 Å².